The summed E-state index contributed by atoms with van der Waals surface area (Å²) in [6, 6.07) is 0.558. The van der Waals surface area contributed by atoms with Gasteiger partial charge in [0.05, 0.1) is 18.2 Å². The van der Waals surface area contributed by atoms with E-state index in [1.165, 1.54) is 4.90 Å². The molecule has 4 atom stereocenters. The van der Waals surface area contributed by atoms with Gasteiger partial charge in [-0.1, -0.05) is 6.08 Å². The van der Waals surface area contributed by atoms with Crippen LogP contribution in [0, 0.1) is 11.8 Å². The molecule has 0 heterocycles. The Hall–Kier alpha value is -4.16. The first-order valence-corrected chi connectivity index (χ1v) is 13.6. The van der Waals surface area contributed by atoms with Crippen molar-refractivity contribution in [3.8, 4) is 5.75 Å². The Labute approximate surface area is 243 Å². The summed E-state index contributed by atoms with van der Waals surface area (Å²) in [6.45, 7) is 3.76. The number of phenols is 1. The Morgan fingerprint density at radius 3 is 2.43 bits per heavy atom. The number of hydrogen-bond acceptors (Lipinski definition) is 11. The van der Waals surface area contributed by atoms with E-state index < -0.39 is 64.0 Å². The first-order chi connectivity index (χ1) is 19.7. The molecule has 3 aliphatic rings. The van der Waals surface area contributed by atoms with Crippen LogP contribution in [-0.4, -0.2) is 95.2 Å². The molecule has 1 aromatic rings. The van der Waals surface area contributed by atoms with Gasteiger partial charge in [0, 0.05) is 37.7 Å². The maximum atomic E-state index is 14.0. The summed E-state index contributed by atoms with van der Waals surface area (Å²) in [5.74, 6) is -7.54. The van der Waals surface area contributed by atoms with Gasteiger partial charge in [-0.15, -0.1) is 6.58 Å². The Kier molecular flexibility index (Phi) is 8.25. The van der Waals surface area contributed by atoms with E-state index in [0.29, 0.717) is 23.2 Å². The lowest BCUT2D eigenvalue weighted by Gasteiger charge is -2.50. The van der Waals surface area contributed by atoms with Crippen molar-refractivity contribution in [3.05, 3.63) is 52.3 Å². The third kappa shape index (κ3) is 4.74. The first kappa shape index (κ1) is 30.8. The highest BCUT2D eigenvalue weighted by Gasteiger charge is 2.64. The Morgan fingerprint density at radius 2 is 1.86 bits per heavy atom. The molecule has 1 amide bonds. The van der Waals surface area contributed by atoms with E-state index >= 15 is 0 Å². The second-order valence-electron chi connectivity index (χ2n) is 11.4. The lowest BCUT2D eigenvalue weighted by atomic mass is 9.57. The van der Waals surface area contributed by atoms with Crippen LogP contribution in [0.3, 0.4) is 0 Å². The molecule has 6 N–H and O–H groups in total. The first-order valence-electron chi connectivity index (χ1n) is 13.6. The fourth-order valence-electron chi connectivity index (χ4n) is 6.50. The van der Waals surface area contributed by atoms with E-state index in [4.69, 9.17) is 10.5 Å². The number of nitrogens with zero attached hydrogens (tertiary/aromatic N) is 2. The summed E-state index contributed by atoms with van der Waals surface area (Å²) in [4.78, 5) is 54.9. The number of Topliss-reactive ketones (excluding diaryl/α,β-unsaturated/α-hetero) is 2. The number of ether oxygens (including phenoxy) is 1. The van der Waals surface area contributed by atoms with Gasteiger partial charge in [-0.2, -0.15) is 0 Å². The predicted molar refractivity (Wildman–Crippen MR) is 153 cm³/mol. The number of primary amides is 1. The zero-order valence-electron chi connectivity index (χ0n) is 24.1. The molecule has 42 heavy (non-hydrogen) atoms. The highest BCUT2D eigenvalue weighted by Crippen LogP contribution is 2.54. The third-order valence-corrected chi connectivity index (χ3v) is 8.44. The summed E-state index contributed by atoms with van der Waals surface area (Å²) >= 11 is 0. The zero-order chi connectivity index (χ0) is 31.3. The van der Waals surface area contributed by atoms with Gasteiger partial charge in [0.15, 0.2) is 11.4 Å². The fourth-order valence-corrected chi connectivity index (χ4v) is 6.50. The summed E-state index contributed by atoms with van der Waals surface area (Å²) in [5.41, 5.74) is 3.05. The number of amides is 1. The van der Waals surface area contributed by atoms with Crippen molar-refractivity contribution in [2.75, 3.05) is 39.7 Å². The lowest BCUT2D eigenvalue weighted by Crippen LogP contribution is -2.65. The minimum atomic E-state index is -2.71. The number of anilines is 1. The predicted octanol–water partition coefficient (Wildman–Crippen LogP) is 1.08. The van der Waals surface area contributed by atoms with Crippen molar-refractivity contribution in [2.24, 2.45) is 17.6 Å². The third-order valence-electron chi connectivity index (χ3n) is 8.44. The van der Waals surface area contributed by atoms with Crippen LogP contribution in [0.4, 0.5) is 5.69 Å². The quantitative estimate of drug-likeness (QED) is 0.121. The molecule has 0 aromatic heterocycles. The molecule has 226 valence electrons. The van der Waals surface area contributed by atoms with E-state index in [1.54, 1.807) is 45.2 Å². The van der Waals surface area contributed by atoms with E-state index in [-0.39, 0.29) is 49.2 Å². The number of aliphatic hydroxyl groups excluding tert-OH is 2. The minimum absolute atomic E-state index is 0.00229. The maximum Gasteiger partial charge on any atom is 0.306 e. The standard InChI is InChI=1S/C30H37N3O9/c1-6-7-10-42-19(34)9-8-14-13-18(32(2)3)16-11-15-12-17-23(33(4)5)26(37)22(29(31)40)28(39)30(17,41)27(38)20(15)25(36)21(16)24(14)35/h6,13,15,17,23,35-36,39,41H,1,7-12H2,2-5H3,(H2,31,40)/t15-,17-,23?,30-/m0/s1. The number of benzene rings is 1. The molecule has 0 bridgehead atoms. The number of esters is 1. The number of rotatable bonds is 9. The maximum absolute atomic E-state index is 14.0. The second kappa shape index (κ2) is 11.3. The van der Waals surface area contributed by atoms with Crippen LogP contribution < -0.4 is 10.6 Å². The van der Waals surface area contributed by atoms with Gasteiger partial charge in [0.2, 0.25) is 5.78 Å². The number of phenolic OH excluding ortho intramolecular Hbond substituents is 1. The smallest absolute Gasteiger partial charge is 0.306 e. The Morgan fingerprint density at radius 1 is 1.19 bits per heavy atom. The van der Waals surface area contributed by atoms with Gasteiger partial charge in [0.25, 0.3) is 5.91 Å². The molecular formula is C30H37N3O9. The summed E-state index contributed by atoms with van der Waals surface area (Å²) in [5, 5.41) is 45.6. The van der Waals surface area contributed by atoms with Crippen molar-refractivity contribution < 1.29 is 44.3 Å². The van der Waals surface area contributed by atoms with Crippen molar-refractivity contribution in [2.45, 2.75) is 43.7 Å². The number of carbonyl (C=O) groups is 4. The summed E-state index contributed by atoms with van der Waals surface area (Å²) in [6.07, 6.45) is 2.32. The fraction of sp³-hybridized carbons (Fsp3) is 0.467. The summed E-state index contributed by atoms with van der Waals surface area (Å²) < 4.78 is 5.15. The lowest BCUT2D eigenvalue weighted by molar-refractivity contribution is -0.153. The van der Waals surface area contributed by atoms with Crippen LogP contribution in [0.1, 0.15) is 36.0 Å². The van der Waals surface area contributed by atoms with E-state index in [9.17, 15) is 39.6 Å². The van der Waals surface area contributed by atoms with E-state index in [0.717, 1.165) is 0 Å². The molecule has 0 aliphatic heterocycles. The van der Waals surface area contributed by atoms with Crippen molar-refractivity contribution in [1.29, 1.82) is 0 Å². The number of nitrogens with two attached hydrogens (primary N) is 1. The van der Waals surface area contributed by atoms with Crippen LogP contribution in [0.2, 0.25) is 0 Å². The van der Waals surface area contributed by atoms with Crippen LogP contribution >= 0.6 is 0 Å². The molecule has 1 unspecified atom stereocenters. The van der Waals surface area contributed by atoms with Gasteiger partial charge in [0.1, 0.15) is 22.8 Å². The number of aliphatic hydroxyl groups is 3. The minimum Gasteiger partial charge on any atom is -0.508 e. The highest BCUT2D eigenvalue weighted by atomic mass is 16.5. The van der Waals surface area contributed by atoms with Gasteiger partial charge in [-0.25, -0.2) is 0 Å². The number of aromatic hydroxyl groups is 1. The number of likely N-dealkylation sites (N-methyl/N-ethyl adjacent to an activating group) is 1. The molecule has 1 aromatic carbocycles. The van der Waals surface area contributed by atoms with Gasteiger partial charge < -0.3 is 35.8 Å². The van der Waals surface area contributed by atoms with Crippen molar-refractivity contribution in [3.63, 3.8) is 0 Å². The molecule has 12 heteroatoms. The van der Waals surface area contributed by atoms with Crippen LogP contribution in [0.15, 0.2) is 35.6 Å². The van der Waals surface area contributed by atoms with Crippen molar-refractivity contribution in [1.82, 2.24) is 4.90 Å². The highest BCUT2D eigenvalue weighted by molar-refractivity contribution is 6.24. The largest absolute Gasteiger partial charge is 0.508 e. The monoisotopic (exact) mass is 583 g/mol. The molecule has 12 nitrogen and oxygen atoms in total. The number of hydrogen-bond donors (Lipinski definition) is 5. The van der Waals surface area contributed by atoms with Crippen LogP contribution in [0.5, 0.6) is 5.75 Å². The van der Waals surface area contributed by atoms with Crippen LogP contribution in [-0.2, 0) is 36.8 Å². The SMILES string of the molecule is C=CCCOC(=O)CCc1cc(N(C)C)c2c(c1O)C(O)=C1C(=O)[C@]3(O)C(O)=C(C(N)=O)C(=O)C(N(C)C)[C@@H]3C[C@@H]1C2. The molecule has 0 saturated heterocycles. The zero-order valence-corrected chi connectivity index (χ0v) is 24.1. The Balaban J connectivity index is 1.85. The van der Waals surface area contributed by atoms with E-state index in [1.807, 2.05) is 0 Å². The molecule has 3 aliphatic carbocycles. The normalized spacial score (nSPS) is 25.1. The number of aryl methyl sites for hydroxylation is 1. The second-order valence-corrected chi connectivity index (χ2v) is 11.4. The molecule has 4 rings (SSSR count). The average molecular weight is 584 g/mol. The summed E-state index contributed by atoms with van der Waals surface area (Å²) in [7, 11) is 6.65. The number of carbonyl (C=O) groups excluding carboxylic acids is 4. The molecular weight excluding hydrogens is 546 g/mol. The molecule has 0 radical (unpaired) electrons. The molecule has 0 spiro atoms. The topological polar surface area (TPSA) is 191 Å². The van der Waals surface area contributed by atoms with Gasteiger partial charge in [-0.05, 0) is 62.9 Å². The Bertz CT molecular complexity index is 1440. The average Bonchev–Trinajstić information content (AvgIpc) is 2.89. The van der Waals surface area contributed by atoms with E-state index in [2.05, 4.69) is 6.58 Å². The number of ketones is 2. The van der Waals surface area contributed by atoms with Crippen LogP contribution in [0.25, 0.3) is 5.76 Å². The number of fused-ring (bicyclic) bond motifs is 3. The molecule has 1 fully saturated rings. The molecule has 1 saturated carbocycles. The van der Waals surface area contributed by atoms with Gasteiger partial charge >= 0.3 is 5.97 Å². The van der Waals surface area contributed by atoms with Crippen molar-refractivity contribution >= 4 is 34.9 Å². The van der Waals surface area contributed by atoms with Gasteiger partial charge in [-0.3, -0.25) is 24.1 Å².